The molecule has 0 spiro atoms. The predicted molar refractivity (Wildman–Crippen MR) is 71.3 cm³/mol. The number of Topliss-reactive ketones (excluding diaryl/α,β-unsaturated/α-hetero) is 1. The molecule has 0 aromatic carbocycles. The van der Waals surface area contributed by atoms with Crippen LogP contribution in [0.5, 0.6) is 0 Å². The second-order valence-electron chi connectivity index (χ2n) is 4.01. The van der Waals surface area contributed by atoms with Crippen molar-refractivity contribution in [1.82, 2.24) is 9.78 Å². The van der Waals surface area contributed by atoms with Crippen molar-refractivity contribution in [2.45, 2.75) is 26.8 Å². The van der Waals surface area contributed by atoms with Crippen LogP contribution >= 0.6 is 11.3 Å². The van der Waals surface area contributed by atoms with Gasteiger partial charge in [0.05, 0.1) is 10.6 Å². The van der Waals surface area contributed by atoms with Crippen molar-refractivity contribution in [2.24, 2.45) is 0 Å². The Balaban J connectivity index is 2.21. The SMILES string of the molecule is CCc1ccc(C(=O)Cn2nc(C)ccc2=O)s1. The van der Waals surface area contributed by atoms with Gasteiger partial charge in [0.2, 0.25) is 0 Å². The number of nitrogens with zero attached hydrogens (tertiary/aromatic N) is 2. The third-order valence-corrected chi connectivity index (χ3v) is 3.85. The highest BCUT2D eigenvalue weighted by molar-refractivity contribution is 7.14. The van der Waals surface area contributed by atoms with Gasteiger partial charge in [-0.1, -0.05) is 6.92 Å². The van der Waals surface area contributed by atoms with Crippen LogP contribution in [0.25, 0.3) is 0 Å². The summed E-state index contributed by atoms with van der Waals surface area (Å²) in [6.07, 6.45) is 0.917. The van der Waals surface area contributed by atoms with E-state index in [0.29, 0.717) is 4.88 Å². The van der Waals surface area contributed by atoms with Crippen LogP contribution in [0.15, 0.2) is 29.1 Å². The van der Waals surface area contributed by atoms with E-state index in [1.807, 2.05) is 19.1 Å². The molecule has 0 aliphatic carbocycles. The van der Waals surface area contributed by atoms with E-state index >= 15 is 0 Å². The highest BCUT2D eigenvalue weighted by atomic mass is 32.1. The van der Waals surface area contributed by atoms with Gasteiger partial charge in [-0.3, -0.25) is 9.59 Å². The summed E-state index contributed by atoms with van der Waals surface area (Å²) in [7, 11) is 0. The fourth-order valence-corrected chi connectivity index (χ4v) is 2.47. The molecule has 0 bridgehead atoms. The molecule has 0 saturated carbocycles. The molecule has 0 atom stereocenters. The molecule has 0 fully saturated rings. The van der Waals surface area contributed by atoms with Crippen LogP contribution < -0.4 is 5.56 Å². The van der Waals surface area contributed by atoms with Crippen LogP contribution in [0.4, 0.5) is 0 Å². The molecule has 2 heterocycles. The Bertz CT molecular complexity index is 628. The van der Waals surface area contributed by atoms with Gasteiger partial charge in [-0.15, -0.1) is 11.3 Å². The first-order chi connectivity index (χ1) is 8.60. The number of carbonyl (C=O) groups is 1. The number of aryl methyl sites for hydroxylation is 2. The quantitative estimate of drug-likeness (QED) is 0.792. The first-order valence-corrected chi connectivity index (χ1v) is 6.58. The number of hydrogen-bond donors (Lipinski definition) is 0. The van der Waals surface area contributed by atoms with Crippen molar-refractivity contribution in [3.05, 3.63) is 50.1 Å². The van der Waals surface area contributed by atoms with Gasteiger partial charge in [0.25, 0.3) is 5.56 Å². The Morgan fingerprint density at radius 3 is 2.78 bits per heavy atom. The van der Waals surface area contributed by atoms with E-state index in [2.05, 4.69) is 5.10 Å². The summed E-state index contributed by atoms with van der Waals surface area (Å²) >= 11 is 1.48. The van der Waals surface area contributed by atoms with E-state index in [1.165, 1.54) is 27.0 Å². The van der Waals surface area contributed by atoms with Gasteiger partial charge in [0.1, 0.15) is 6.54 Å². The second-order valence-corrected chi connectivity index (χ2v) is 5.18. The van der Waals surface area contributed by atoms with Crippen LogP contribution in [0.2, 0.25) is 0 Å². The summed E-state index contributed by atoms with van der Waals surface area (Å²) in [5, 5.41) is 4.05. The maximum Gasteiger partial charge on any atom is 0.267 e. The minimum Gasteiger partial charge on any atom is -0.291 e. The third kappa shape index (κ3) is 2.73. The molecule has 0 amide bonds. The lowest BCUT2D eigenvalue weighted by atomic mass is 10.3. The van der Waals surface area contributed by atoms with E-state index in [1.54, 1.807) is 13.0 Å². The number of aromatic nitrogens is 2. The average Bonchev–Trinajstić information content (AvgIpc) is 2.82. The number of ketones is 1. The molecule has 18 heavy (non-hydrogen) atoms. The van der Waals surface area contributed by atoms with Gasteiger partial charge in [-0.25, -0.2) is 4.68 Å². The van der Waals surface area contributed by atoms with E-state index < -0.39 is 0 Å². The largest absolute Gasteiger partial charge is 0.291 e. The summed E-state index contributed by atoms with van der Waals surface area (Å²) in [4.78, 5) is 25.4. The molecule has 4 nitrogen and oxygen atoms in total. The average molecular weight is 262 g/mol. The lowest BCUT2D eigenvalue weighted by Crippen LogP contribution is -2.26. The number of thiophene rings is 1. The van der Waals surface area contributed by atoms with Gasteiger partial charge in [0, 0.05) is 10.9 Å². The zero-order valence-electron chi connectivity index (χ0n) is 10.3. The van der Waals surface area contributed by atoms with Crippen LogP contribution in [0.1, 0.15) is 27.2 Å². The molecule has 5 heteroatoms. The number of hydrogen-bond acceptors (Lipinski definition) is 4. The molecule has 0 saturated heterocycles. The molecule has 2 aromatic rings. The normalized spacial score (nSPS) is 10.6. The summed E-state index contributed by atoms with van der Waals surface area (Å²) < 4.78 is 1.21. The predicted octanol–water partition coefficient (Wildman–Crippen LogP) is 2.06. The fourth-order valence-electron chi connectivity index (χ4n) is 1.60. The lowest BCUT2D eigenvalue weighted by Gasteiger charge is -2.02. The van der Waals surface area contributed by atoms with Crippen LogP contribution in [-0.4, -0.2) is 15.6 Å². The van der Waals surface area contributed by atoms with E-state index in [-0.39, 0.29) is 17.9 Å². The van der Waals surface area contributed by atoms with Crippen LogP contribution in [-0.2, 0) is 13.0 Å². The Morgan fingerprint density at radius 1 is 1.33 bits per heavy atom. The molecule has 2 rings (SSSR count). The first kappa shape index (κ1) is 12.7. The van der Waals surface area contributed by atoms with E-state index in [0.717, 1.165) is 12.1 Å². The zero-order chi connectivity index (χ0) is 13.1. The molecule has 0 aliphatic rings. The van der Waals surface area contributed by atoms with Gasteiger partial charge >= 0.3 is 0 Å². The van der Waals surface area contributed by atoms with Crippen molar-refractivity contribution < 1.29 is 4.79 Å². The minimum absolute atomic E-state index is 0.00415. The van der Waals surface area contributed by atoms with Gasteiger partial charge in [-0.2, -0.15) is 5.10 Å². The summed E-state index contributed by atoms with van der Waals surface area (Å²) in [5.74, 6) is -0.0695. The van der Waals surface area contributed by atoms with Crippen molar-refractivity contribution in [1.29, 1.82) is 0 Å². The number of rotatable bonds is 4. The molecule has 2 aromatic heterocycles. The van der Waals surface area contributed by atoms with Gasteiger partial charge < -0.3 is 0 Å². The van der Waals surface area contributed by atoms with Crippen molar-refractivity contribution in [2.75, 3.05) is 0 Å². The Morgan fingerprint density at radius 2 is 2.11 bits per heavy atom. The molecule has 0 radical (unpaired) electrons. The van der Waals surface area contributed by atoms with Crippen LogP contribution in [0.3, 0.4) is 0 Å². The maximum absolute atomic E-state index is 12.0. The highest BCUT2D eigenvalue weighted by Crippen LogP contribution is 2.17. The molecular weight excluding hydrogens is 248 g/mol. The molecule has 0 unspecified atom stereocenters. The van der Waals surface area contributed by atoms with E-state index in [9.17, 15) is 9.59 Å². The third-order valence-electron chi connectivity index (χ3n) is 2.58. The monoisotopic (exact) mass is 262 g/mol. The second kappa shape index (κ2) is 5.27. The molecular formula is C13H14N2O2S. The van der Waals surface area contributed by atoms with Gasteiger partial charge in [-0.05, 0) is 31.5 Å². The van der Waals surface area contributed by atoms with E-state index in [4.69, 9.17) is 0 Å². The Hall–Kier alpha value is -1.75. The first-order valence-electron chi connectivity index (χ1n) is 5.77. The maximum atomic E-state index is 12.0. The minimum atomic E-state index is -0.249. The van der Waals surface area contributed by atoms with Crippen molar-refractivity contribution >= 4 is 17.1 Å². The Kier molecular flexibility index (Phi) is 3.72. The van der Waals surface area contributed by atoms with Crippen molar-refractivity contribution in [3.8, 4) is 0 Å². The summed E-state index contributed by atoms with van der Waals surface area (Å²) in [6, 6.07) is 6.84. The lowest BCUT2D eigenvalue weighted by molar-refractivity contribution is 0.0969. The van der Waals surface area contributed by atoms with Gasteiger partial charge in [0.15, 0.2) is 5.78 Å². The summed E-state index contributed by atoms with van der Waals surface area (Å²) in [6.45, 7) is 3.84. The standard InChI is InChI=1S/C13H14N2O2S/c1-3-10-5-6-12(18-10)11(16)8-15-13(17)7-4-9(2)14-15/h4-7H,3,8H2,1-2H3. The topological polar surface area (TPSA) is 52.0 Å². The Labute approximate surface area is 109 Å². The van der Waals surface area contributed by atoms with Crippen LogP contribution in [0, 0.1) is 6.92 Å². The zero-order valence-corrected chi connectivity index (χ0v) is 11.2. The molecule has 94 valence electrons. The highest BCUT2D eigenvalue weighted by Gasteiger charge is 2.11. The summed E-state index contributed by atoms with van der Waals surface area (Å²) in [5.41, 5.74) is 0.476. The number of carbonyl (C=O) groups excluding carboxylic acids is 1. The fraction of sp³-hybridized carbons (Fsp3) is 0.308. The smallest absolute Gasteiger partial charge is 0.267 e. The van der Waals surface area contributed by atoms with Crippen molar-refractivity contribution in [3.63, 3.8) is 0 Å². The molecule has 0 aliphatic heterocycles. The molecule has 0 N–H and O–H groups in total.